The molecule has 1 aromatic carbocycles. The molecule has 2 N–H and O–H groups in total. The molecular weight excluding hydrogens is 277 g/mol. The summed E-state index contributed by atoms with van der Waals surface area (Å²) < 4.78 is 18.8. The standard InChI is InChI=1S/C14H16FN3OS/c15-11-3-1-2-4-12(11)20-8-13-17-14(19-18-13)9-5-6-10(16)7-9/h1-4,9-10H,5-8,16H2. The monoisotopic (exact) mass is 293 g/mol. The average Bonchev–Trinajstić information content (AvgIpc) is 3.06. The maximum absolute atomic E-state index is 13.5. The summed E-state index contributed by atoms with van der Waals surface area (Å²) in [6.07, 6.45) is 2.91. The number of nitrogens with two attached hydrogens (primary N) is 1. The van der Waals surface area contributed by atoms with Crippen LogP contribution in [0, 0.1) is 5.82 Å². The Kier molecular flexibility index (Phi) is 4.03. The maximum Gasteiger partial charge on any atom is 0.229 e. The Balaban J connectivity index is 1.62. The van der Waals surface area contributed by atoms with Crippen LogP contribution in [0.3, 0.4) is 0 Å². The number of hydrogen-bond acceptors (Lipinski definition) is 5. The number of benzene rings is 1. The molecule has 2 atom stereocenters. The quantitative estimate of drug-likeness (QED) is 0.877. The molecule has 0 spiro atoms. The maximum atomic E-state index is 13.5. The van der Waals surface area contributed by atoms with E-state index >= 15 is 0 Å². The molecule has 4 nitrogen and oxygen atoms in total. The summed E-state index contributed by atoms with van der Waals surface area (Å²) in [6.45, 7) is 0. The fraction of sp³-hybridized carbons (Fsp3) is 0.429. The van der Waals surface area contributed by atoms with E-state index in [4.69, 9.17) is 10.3 Å². The van der Waals surface area contributed by atoms with Crippen LogP contribution in [-0.4, -0.2) is 16.2 Å². The summed E-state index contributed by atoms with van der Waals surface area (Å²) in [4.78, 5) is 4.99. The molecule has 1 aliphatic rings. The molecule has 20 heavy (non-hydrogen) atoms. The summed E-state index contributed by atoms with van der Waals surface area (Å²) in [5, 5.41) is 3.96. The molecule has 1 aromatic heterocycles. The van der Waals surface area contributed by atoms with Crippen LogP contribution in [-0.2, 0) is 5.75 Å². The van der Waals surface area contributed by atoms with Gasteiger partial charge >= 0.3 is 0 Å². The zero-order chi connectivity index (χ0) is 13.9. The first-order chi connectivity index (χ1) is 9.72. The molecule has 0 amide bonds. The van der Waals surface area contributed by atoms with Gasteiger partial charge in [-0.05, 0) is 31.4 Å². The van der Waals surface area contributed by atoms with E-state index in [9.17, 15) is 4.39 Å². The van der Waals surface area contributed by atoms with E-state index in [1.54, 1.807) is 12.1 Å². The molecule has 1 saturated carbocycles. The van der Waals surface area contributed by atoms with Crippen molar-refractivity contribution in [2.24, 2.45) is 5.73 Å². The third kappa shape index (κ3) is 3.02. The van der Waals surface area contributed by atoms with Gasteiger partial charge in [-0.2, -0.15) is 4.98 Å². The molecule has 2 unspecified atom stereocenters. The van der Waals surface area contributed by atoms with Crippen LogP contribution < -0.4 is 5.73 Å². The number of hydrogen-bond donors (Lipinski definition) is 1. The second-order valence-corrected chi connectivity index (χ2v) is 6.06. The van der Waals surface area contributed by atoms with Crippen molar-refractivity contribution in [1.82, 2.24) is 10.1 Å². The third-order valence-corrected chi connectivity index (χ3v) is 4.54. The molecule has 0 bridgehead atoms. The molecule has 0 aliphatic heterocycles. The zero-order valence-electron chi connectivity index (χ0n) is 11.0. The van der Waals surface area contributed by atoms with Gasteiger partial charge in [0.05, 0.1) is 5.75 Å². The van der Waals surface area contributed by atoms with Crippen molar-refractivity contribution in [3.63, 3.8) is 0 Å². The Morgan fingerprint density at radius 2 is 2.20 bits per heavy atom. The van der Waals surface area contributed by atoms with Crippen molar-refractivity contribution in [3.8, 4) is 0 Å². The summed E-state index contributed by atoms with van der Waals surface area (Å²) in [5.74, 6) is 1.84. The van der Waals surface area contributed by atoms with Gasteiger partial charge in [-0.25, -0.2) is 4.39 Å². The first-order valence-electron chi connectivity index (χ1n) is 6.68. The Bertz CT molecular complexity index is 589. The van der Waals surface area contributed by atoms with Gasteiger partial charge in [-0.1, -0.05) is 17.3 Å². The van der Waals surface area contributed by atoms with E-state index in [0.717, 1.165) is 19.3 Å². The minimum atomic E-state index is -0.219. The molecule has 0 saturated heterocycles. The van der Waals surface area contributed by atoms with Crippen LogP contribution in [0.2, 0.25) is 0 Å². The molecule has 1 aliphatic carbocycles. The highest BCUT2D eigenvalue weighted by atomic mass is 32.2. The first-order valence-corrected chi connectivity index (χ1v) is 7.66. The number of thioether (sulfide) groups is 1. The molecule has 1 heterocycles. The van der Waals surface area contributed by atoms with E-state index in [1.807, 2.05) is 6.07 Å². The summed E-state index contributed by atoms with van der Waals surface area (Å²) in [5.41, 5.74) is 5.88. The summed E-state index contributed by atoms with van der Waals surface area (Å²) >= 11 is 1.37. The molecular formula is C14H16FN3OS. The summed E-state index contributed by atoms with van der Waals surface area (Å²) in [6, 6.07) is 6.92. The smallest absolute Gasteiger partial charge is 0.229 e. The lowest BCUT2D eigenvalue weighted by molar-refractivity contribution is 0.350. The number of rotatable bonds is 4. The largest absolute Gasteiger partial charge is 0.339 e. The molecule has 106 valence electrons. The molecule has 3 rings (SSSR count). The molecule has 0 radical (unpaired) electrons. The lowest BCUT2D eigenvalue weighted by Gasteiger charge is -2.01. The highest BCUT2D eigenvalue weighted by Crippen LogP contribution is 2.33. The Morgan fingerprint density at radius 3 is 2.95 bits per heavy atom. The highest BCUT2D eigenvalue weighted by Gasteiger charge is 2.27. The van der Waals surface area contributed by atoms with Crippen molar-refractivity contribution >= 4 is 11.8 Å². The summed E-state index contributed by atoms with van der Waals surface area (Å²) in [7, 11) is 0. The van der Waals surface area contributed by atoms with E-state index in [-0.39, 0.29) is 17.8 Å². The first kappa shape index (κ1) is 13.6. The molecule has 6 heteroatoms. The predicted molar refractivity (Wildman–Crippen MR) is 74.8 cm³/mol. The number of halogens is 1. The SMILES string of the molecule is NC1CCC(c2nc(CSc3ccccc3F)no2)C1. The fourth-order valence-corrected chi connectivity index (χ4v) is 3.22. The van der Waals surface area contributed by atoms with Gasteiger partial charge in [0.25, 0.3) is 0 Å². The Labute approximate surface area is 120 Å². The van der Waals surface area contributed by atoms with Crippen LogP contribution in [0.1, 0.15) is 36.9 Å². The van der Waals surface area contributed by atoms with Crippen molar-refractivity contribution in [1.29, 1.82) is 0 Å². The van der Waals surface area contributed by atoms with Crippen molar-refractivity contribution in [2.75, 3.05) is 0 Å². The van der Waals surface area contributed by atoms with Crippen LogP contribution in [0.4, 0.5) is 4.39 Å². The van der Waals surface area contributed by atoms with Gasteiger partial charge in [-0.3, -0.25) is 0 Å². The Hall–Kier alpha value is -1.40. The van der Waals surface area contributed by atoms with E-state index < -0.39 is 0 Å². The Morgan fingerprint density at radius 1 is 1.35 bits per heavy atom. The van der Waals surface area contributed by atoms with Crippen molar-refractivity contribution in [2.45, 2.75) is 41.9 Å². The minimum Gasteiger partial charge on any atom is -0.339 e. The average molecular weight is 293 g/mol. The van der Waals surface area contributed by atoms with Gasteiger partial charge in [0, 0.05) is 16.9 Å². The molecule has 2 aromatic rings. The second-order valence-electron chi connectivity index (χ2n) is 5.04. The lowest BCUT2D eigenvalue weighted by Crippen LogP contribution is -2.14. The van der Waals surface area contributed by atoms with Gasteiger partial charge in [0.15, 0.2) is 5.82 Å². The lowest BCUT2D eigenvalue weighted by atomic mass is 10.1. The van der Waals surface area contributed by atoms with Crippen molar-refractivity contribution in [3.05, 3.63) is 41.8 Å². The van der Waals surface area contributed by atoms with Gasteiger partial charge in [0.2, 0.25) is 5.89 Å². The van der Waals surface area contributed by atoms with Gasteiger partial charge in [-0.15, -0.1) is 11.8 Å². The topological polar surface area (TPSA) is 64.9 Å². The van der Waals surface area contributed by atoms with Gasteiger partial charge < -0.3 is 10.3 Å². The predicted octanol–water partition coefficient (Wildman–Crippen LogP) is 3.10. The van der Waals surface area contributed by atoms with Crippen LogP contribution in [0.5, 0.6) is 0 Å². The number of aromatic nitrogens is 2. The van der Waals surface area contributed by atoms with Gasteiger partial charge in [0.1, 0.15) is 5.82 Å². The van der Waals surface area contributed by atoms with E-state index in [2.05, 4.69) is 10.1 Å². The molecule has 1 fully saturated rings. The van der Waals surface area contributed by atoms with E-state index in [1.165, 1.54) is 17.8 Å². The van der Waals surface area contributed by atoms with Crippen LogP contribution >= 0.6 is 11.8 Å². The van der Waals surface area contributed by atoms with Crippen LogP contribution in [0.15, 0.2) is 33.7 Å². The third-order valence-electron chi connectivity index (χ3n) is 3.50. The highest BCUT2D eigenvalue weighted by molar-refractivity contribution is 7.98. The fourth-order valence-electron chi connectivity index (χ4n) is 2.44. The normalized spacial score (nSPS) is 22.3. The minimum absolute atomic E-state index is 0.219. The van der Waals surface area contributed by atoms with Crippen LogP contribution in [0.25, 0.3) is 0 Å². The van der Waals surface area contributed by atoms with Crippen molar-refractivity contribution < 1.29 is 8.91 Å². The van der Waals surface area contributed by atoms with E-state index in [0.29, 0.717) is 22.4 Å². The second kappa shape index (κ2) is 5.93. The zero-order valence-corrected chi connectivity index (χ0v) is 11.8. The number of nitrogens with zero attached hydrogens (tertiary/aromatic N) is 2.